The van der Waals surface area contributed by atoms with Crippen molar-refractivity contribution in [3.8, 4) is 0 Å². The minimum Gasteiger partial charge on any atom is -0.598 e. The largest absolute Gasteiger partial charge is 0.598 e. The van der Waals surface area contributed by atoms with Crippen molar-refractivity contribution in [1.82, 2.24) is 10.0 Å². The van der Waals surface area contributed by atoms with Crippen molar-refractivity contribution in [1.29, 1.82) is 0 Å². The van der Waals surface area contributed by atoms with E-state index in [1.807, 2.05) is 20.8 Å². The number of benzene rings is 1. The third kappa shape index (κ3) is 2.87. The lowest BCUT2D eigenvalue weighted by Crippen LogP contribution is -2.48. The maximum atomic E-state index is 12.6. The lowest BCUT2D eigenvalue weighted by molar-refractivity contribution is 0.163. The van der Waals surface area contributed by atoms with Crippen molar-refractivity contribution >= 4 is 11.4 Å². The summed E-state index contributed by atoms with van der Waals surface area (Å²) in [6.45, 7) is 8.23. The maximum Gasteiger partial charge on any atom is 0.136 e. The van der Waals surface area contributed by atoms with Crippen LogP contribution in [-0.2, 0) is 17.8 Å². The summed E-state index contributed by atoms with van der Waals surface area (Å²) in [6.07, 6.45) is 3.42. The number of nitrogens with one attached hydrogen (secondary N) is 2. The smallest absolute Gasteiger partial charge is 0.136 e. The van der Waals surface area contributed by atoms with Gasteiger partial charge in [0.15, 0.2) is 0 Å². The van der Waals surface area contributed by atoms with Crippen molar-refractivity contribution in [2.75, 3.05) is 13.1 Å². The summed E-state index contributed by atoms with van der Waals surface area (Å²) in [4.78, 5) is 0. The van der Waals surface area contributed by atoms with Gasteiger partial charge in [-0.2, -0.15) is 0 Å². The predicted molar refractivity (Wildman–Crippen MR) is 88.5 cm³/mol. The summed E-state index contributed by atoms with van der Waals surface area (Å²) in [5.74, 6) is 0. The van der Waals surface area contributed by atoms with E-state index in [1.165, 1.54) is 11.1 Å². The Kier molecular flexibility index (Phi) is 4.08. The molecule has 1 spiro atoms. The van der Waals surface area contributed by atoms with Gasteiger partial charge in [0.1, 0.15) is 4.75 Å². The zero-order chi connectivity index (χ0) is 15.1. The summed E-state index contributed by atoms with van der Waals surface area (Å²) in [6, 6.07) is 8.89. The molecule has 21 heavy (non-hydrogen) atoms. The first-order valence-corrected chi connectivity index (χ1v) is 9.04. The van der Waals surface area contributed by atoms with Crippen LogP contribution in [-0.4, -0.2) is 22.4 Å². The van der Waals surface area contributed by atoms with Crippen LogP contribution < -0.4 is 10.0 Å². The average Bonchev–Trinajstić information content (AvgIpc) is 2.72. The first kappa shape index (κ1) is 15.3. The van der Waals surface area contributed by atoms with Crippen LogP contribution in [0.25, 0.3) is 0 Å². The molecule has 1 aromatic rings. The molecule has 1 saturated heterocycles. The fraction of sp³-hybridized carbons (Fsp3) is 0.647. The van der Waals surface area contributed by atoms with Gasteiger partial charge in [0.2, 0.25) is 0 Å². The highest BCUT2D eigenvalue weighted by molar-refractivity contribution is 7.90. The average molecular weight is 306 g/mol. The molecule has 0 bridgehead atoms. The summed E-state index contributed by atoms with van der Waals surface area (Å²) >= 11 is -1.03. The molecule has 4 heteroatoms. The highest BCUT2D eigenvalue weighted by Gasteiger charge is 2.49. The van der Waals surface area contributed by atoms with E-state index in [4.69, 9.17) is 0 Å². The molecule has 1 aliphatic carbocycles. The van der Waals surface area contributed by atoms with E-state index in [0.717, 1.165) is 32.4 Å². The van der Waals surface area contributed by atoms with Crippen molar-refractivity contribution in [2.24, 2.45) is 5.41 Å². The Hall–Kier alpha value is -0.550. The van der Waals surface area contributed by atoms with Gasteiger partial charge in [-0.3, -0.25) is 0 Å². The molecule has 1 heterocycles. The van der Waals surface area contributed by atoms with Gasteiger partial charge in [0.25, 0.3) is 0 Å². The Morgan fingerprint density at radius 2 is 1.90 bits per heavy atom. The molecular weight excluding hydrogens is 280 g/mol. The van der Waals surface area contributed by atoms with Crippen molar-refractivity contribution in [3.05, 3.63) is 35.4 Å². The zero-order valence-corrected chi connectivity index (χ0v) is 14.1. The standard InChI is InChI=1S/C17H26N2OS/c1-16(2,3)21(20)19-15-14-7-5-4-6-13(14)12-17(15)8-10-18-11-9-17/h4-7,15,18-19H,8-12H2,1-3H3/t15-,21-/m1/s1. The third-order valence-corrected chi connectivity index (χ3v) is 6.46. The minimum atomic E-state index is -1.03. The number of piperidine rings is 1. The molecule has 2 aliphatic rings. The molecule has 0 amide bonds. The summed E-state index contributed by atoms with van der Waals surface area (Å²) in [5.41, 5.74) is 3.02. The fourth-order valence-corrected chi connectivity index (χ4v) is 4.60. The van der Waals surface area contributed by atoms with Crippen LogP contribution in [0.4, 0.5) is 0 Å². The Morgan fingerprint density at radius 1 is 1.24 bits per heavy atom. The quantitative estimate of drug-likeness (QED) is 0.826. The van der Waals surface area contributed by atoms with E-state index < -0.39 is 11.4 Å². The highest BCUT2D eigenvalue weighted by atomic mass is 32.2. The highest BCUT2D eigenvalue weighted by Crippen LogP contribution is 2.51. The SMILES string of the molecule is CC(C)(C)[S@@+]([O-])N[C@@H]1c2ccccc2CC12CCNCC2. The van der Waals surface area contributed by atoms with Crippen LogP contribution in [0.5, 0.6) is 0 Å². The molecule has 1 fully saturated rings. The second-order valence-electron chi connectivity index (χ2n) is 7.42. The van der Waals surface area contributed by atoms with E-state index in [-0.39, 0.29) is 16.2 Å². The second kappa shape index (κ2) is 5.58. The van der Waals surface area contributed by atoms with E-state index in [9.17, 15) is 4.55 Å². The van der Waals surface area contributed by atoms with Crippen LogP contribution in [0.3, 0.4) is 0 Å². The molecule has 2 N–H and O–H groups in total. The molecule has 0 unspecified atom stereocenters. The normalized spacial score (nSPS) is 25.8. The third-order valence-electron chi connectivity index (χ3n) is 4.90. The number of rotatable bonds is 2. The number of hydrogen-bond donors (Lipinski definition) is 2. The number of fused-ring (bicyclic) bond motifs is 1. The van der Waals surface area contributed by atoms with Crippen LogP contribution in [0.2, 0.25) is 0 Å². The topological polar surface area (TPSA) is 47.1 Å². The van der Waals surface area contributed by atoms with Gasteiger partial charge in [0.05, 0.1) is 6.04 Å². The van der Waals surface area contributed by atoms with Gasteiger partial charge in [-0.1, -0.05) is 24.3 Å². The van der Waals surface area contributed by atoms with Crippen LogP contribution in [0.1, 0.15) is 50.8 Å². The zero-order valence-electron chi connectivity index (χ0n) is 13.2. The monoisotopic (exact) mass is 306 g/mol. The fourth-order valence-electron chi connectivity index (χ4n) is 3.65. The summed E-state index contributed by atoms with van der Waals surface area (Å²) in [7, 11) is 0. The van der Waals surface area contributed by atoms with Crippen molar-refractivity contribution < 1.29 is 4.55 Å². The maximum absolute atomic E-state index is 12.6. The molecule has 0 aromatic heterocycles. The molecule has 1 aliphatic heterocycles. The lowest BCUT2D eigenvalue weighted by atomic mass is 9.73. The van der Waals surface area contributed by atoms with Crippen LogP contribution >= 0.6 is 0 Å². The first-order valence-electron chi connectivity index (χ1n) is 7.89. The Morgan fingerprint density at radius 3 is 2.57 bits per heavy atom. The Labute approximate surface area is 131 Å². The summed E-state index contributed by atoms with van der Waals surface area (Å²) < 4.78 is 15.9. The molecule has 1 aromatic carbocycles. The molecular formula is C17H26N2OS. The van der Waals surface area contributed by atoms with Gasteiger partial charge in [0, 0.05) is 16.8 Å². The van der Waals surface area contributed by atoms with Crippen molar-refractivity contribution in [3.63, 3.8) is 0 Å². The van der Waals surface area contributed by atoms with Gasteiger partial charge < -0.3 is 9.87 Å². The number of hydrogen-bond acceptors (Lipinski definition) is 3. The predicted octanol–water partition coefficient (Wildman–Crippen LogP) is 2.71. The molecule has 116 valence electrons. The molecule has 0 radical (unpaired) electrons. The second-order valence-corrected chi connectivity index (χ2v) is 9.42. The van der Waals surface area contributed by atoms with Gasteiger partial charge in [-0.05, 0) is 64.3 Å². The van der Waals surface area contributed by atoms with Crippen LogP contribution in [0.15, 0.2) is 24.3 Å². The van der Waals surface area contributed by atoms with Gasteiger partial charge in [-0.15, -0.1) is 4.72 Å². The molecule has 0 saturated carbocycles. The Balaban J connectivity index is 1.92. The van der Waals surface area contributed by atoms with E-state index in [1.54, 1.807) is 0 Å². The summed E-state index contributed by atoms with van der Waals surface area (Å²) in [5, 5.41) is 3.46. The van der Waals surface area contributed by atoms with E-state index in [0.29, 0.717) is 0 Å². The molecule has 3 rings (SSSR count). The molecule has 2 atom stereocenters. The lowest BCUT2D eigenvalue weighted by Gasteiger charge is -2.40. The first-order chi connectivity index (χ1) is 9.92. The van der Waals surface area contributed by atoms with Crippen molar-refractivity contribution in [2.45, 2.75) is 50.8 Å². The minimum absolute atomic E-state index is 0.218. The Bertz CT molecular complexity index is 506. The van der Waals surface area contributed by atoms with E-state index >= 15 is 0 Å². The van der Waals surface area contributed by atoms with Gasteiger partial charge in [-0.25, -0.2) is 0 Å². The molecule has 3 nitrogen and oxygen atoms in total. The van der Waals surface area contributed by atoms with Gasteiger partial charge >= 0.3 is 0 Å². The van der Waals surface area contributed by atoms with Crippen LogP contribution in [0, 0.1) is 5.41 Å². The van der Waals surface area contributed by atoms with E-state index in [2.05, 4.69) is 34.3 Å².